The van der Waals surface area contributed by atoms with Crippen molar-refractivity contribution in [2.24, 2.45) is 7.05 Å². The lowest BCUT2D eigenvalue weighted by molar-refractivity contribution is 0.866. The fraction of sp³-hybridized carbons (Fsp3) is 0.333. The summed E-state index contributed by atoms with van der Waals surface area (Å²) in [4.78, 5) is 4.48. The summed E-state index contributed by atoms with van der Waals surface area (Å²) in [5, 5.41) is 8.69. The fourth-order valence-electron chi connectivity index (χ4n) is 1.98. The van der Waals surface area contributed by atoms with E-state index in [1.165, 1.54) is 5.56 Å². The van der Waals surface area contributed by atoms with Gasteiger partial charge < -0.3 is 4.57 Å². The van der Waals surface area contributed by atoms with E-state index in [0.717, 1.165) is 17.1 Å². The quantitative estimate of drug-likeness (QED) is 0.824. The van der Waals surface area contributed by atoms with Crippen molar-refractivity contribution in [2.45, 2.75) is 26.2 Å². The van der Waals surface area contributed by atoms with Crippen LogP contribution in [-0.4, -0.2) is 9.55 Å². The summed E-state index contributed by atoms with van der Waals surface area (Å²) in [6.45, 7) is 4.36. The van der Waals surface area contributed by atoms with E-state index in [1.807, 2.05) is 17.8 Å². The molecule has 0 spiro atoms. The van der Waals surface area contributed by atoms with Crippen LogP contribution >= 0.6 is 0 Å². The zero-order valence-corrected chi connectivity index (χ0v) is 11.0. The van der Waals surface area contributed by atoms with Gasteiger partial charge in [-0.25, -0.2) is 4.98 Å². The molecule has 0 N–H and O–H groups in total. The van der Waals surface area contributed by atoms with E-state index in [2.05, 4.69) is 49.2 Å². The van der Waals surface area contributed by atoms with Crippen molar-refractivity contribution in [2.75, 3.05) is 0 Å². The SMILES string of the molecule is CC(C)c1ccc(-c2nc(CC#N)cn2C)cc1. The minimum absolute atomic E-state index is 0.359. The van der Waals surface area contributed by atoms with Gasteiger partial charge in [-0.15, -0.1) is 0 Å². The molecule has 0 saturated heterocycles. The van der Waals surface area contributed by atoms with Crippen molar-refractivity contribution in [1.29, 1.82) is 5.26 Å². The van der Waals surface area contributed by atoms with E-state index in [0.29, 0.717) is 12.3 Å². The fourth-order valence-corrected chi connectivity index (χ4v) is 1.98. The Labute approximate surface area is 108 Å². The lowest BCUT2D eigenvalue weighted by Crippen LogP contribution is -1.92. The van der Waals surface area contributed by atoms with Gasteiger partial charge in [0, 0.05) is 18.8 Å². The van der Waals surface area contributed by atoms with Crippen LogP contribution in [0.1, 0.15) is 31.0 Å². The first-order valence-corrected chi connectivity index (χ1v) is 6.11. The van der Waals surface area contributed by atoms with Crippen LogP contribution in [-0.2, 0) is 13.5 Å². The number of nitrogens with zero attached hydrogens (tertiary/aromatic N) is 3. The van der Waals surface area contributed by atoms with Crippen molar-refractivity contribution in [3.05, 3.63) is 41.7 Å². The molecule has 18 heavy (non-hydrogen) atoms. The molecule has 0 amide bonds. The van der Waals surface area contributed by atoms with Crippen molar-refractivity contribution in [3.63, 3.8) is 0 Å². The molecule has 2 rings (SSSR count). The lowest BCUT2D eigenvalue weighted by atomic mass is 10.0. The number of aryl methyl sites for hydroxylation is 1. The summed E-state index contributed by atoms with van der Waals surface area (Å²) in [5.41, 5.74) is 3.24. The number of hydrogen-bond acceptors (Lipinski definition) is 2. The van der Waals surface area contributed by atoms with Crippen LogP contribution in [0.2, 0.25) is 0 Å². The Kier molecular flexibility index (Phi) is 3.47. The number of rotatable bonds is 3. The largest absolute Gasteiger partial charge is 0.334 e. The van der Waals surface area contributed by atoms with Gasteiger partial charge in [-0.1, -0.05) is 38.1 Å². The molecular formula is C15H17N3. The average molecular weight is 239 g/mol. The number of benzene rings is 1. The molecule has 1 aromatic heterocycles. The highest BCUT2D eigenvalue weighted by atomic mass is 15.0. The van der Waals surface area contributed by atoms with Gasteiger partial charge in [0.1, 0.15) is 5.82 Å². The molecule has 0 aliphatic rings. The van der Waals surface area contributed by atoms with E-state index in [1.54, 1.807) is 0 Å². The second kappa shape index (κ2) is 5.05. The standard InChI is InChI=1S/C15H17N3/c1-11(2)12-4-6-13(7-5-12)15-17-14(8-9-16)10-18(15)3/h4-7,10-11H,8H2,1-3H3. The van der Waals surface area contributed by atoms with Gasteiger partial charge in [-0.3, -0.25) is 0 Å². The molecule has 0 atom stereocenters. The van der Waals surface area contributed by atoms with Gasteiger partial charge in [0.15, 0.2) is 0 Å². The van der Waals surface area contributed by atoms with Crippen molar-refractivity contribution in [1.82, 2.24) is 9.55 Å². The highest BCUT2D eigenvalue weighted by Crippen LogP contribution is 2.21. The third kappa shape index (κ3) is 2.43. The predicted molar refractivity (Wildman–Crippen MR) is 72.1 cm³/mol. The smallest absolute Gasteiger partial charge is 0.140 e. The number of hydrogen-bond donors (Lipinski definition) is 0. The zero-order valence-electron chi connectivity index (χ0n) is 11.0. The summed E-state index contributed by atoms with van der Waals surface area (Å²) in [6.07, 6.45) is 2.27. The number of aromatic nitrogens is 2. The van der Waals surface area contributed by atoms with Crippen LogP contribution in [0.4, 0.5) is 0 Å². The van der Waals surface area contributed by atoms with E-state index >= 15 is 0 Å². The first-order valence-electron chi connectivity index (χ1n) is 6.11. The molecule has 0 aliphatic carbocycles. The molecule has 0 aliphatic heterocycles. The molecule has 0 bridgehead atoms. The van der Waals surface area contributed by atoms with E-state index in [4.69, 9.17) is 5.26 Å². The Hall–Kier alpha value is -2.08. The monoisotopic (exact) mass is 239 g/mol. The third-order valence-corrected chi connectivity index (χ3v) is 3.02. The second-order valence-corrected chi connectivity index (χ2v) is 4.78. The minimum atomic E-state index is 0.359. The Morgan fingerprint density at radius 2 is 1.94 bits per heavy atom. The Morgan fingerprint density at radius 3 is 2.50 bits per heavy atom. The molecule has 0 fully saturated rings. The van der Waals surface area contributed by atoms with E-state index in [-0.39, 0.29) is 0 Å². The van der Waals surface area contributed by atoms with Crippen LogP contribution in [0.25, 0.3) is 11.4 Å². The highest BCUT2D eigenvalue weighted by Gasteiger charge is 2.08. The zero-order chi connectivity index (χ0) is 13.1. The van der Waals surface area contributed by atoms with Crippen molar-refractivity contribution in [3.8, 4) is 17.5 Å². The molecule has 1 heterocycles. The Morgan fingerprint density at radius 1 is 1.28 bits per heavy atom. The topological polar surface area (TPSA) is 41.6 Å². The Bertz CT molecular complexity index is 571. The second-order valence-electron chi connectivity index (χ2n) is 4.78. The summed E-state index contributed by atoms with van der Waals surface area (Å²) in [5.74, 6) is 1.45. The molecule has 2 aromatic rings. The maximum Gasteiger partial charge on any atom is 0.140 e. The number of nitriles is 1. The highest BCUT2D eigenvalue weighted by molar-refractivity contribution is 5.56. The summed E-state index contributed by atoms with van der Waals surface area (Å²) in [7, 11) is 1.96. The van der Waals surface area contributed by atoms with Crippen LogP contribution in [0.3, 0.4) is 0 Å². The molecule has 0 radical (unpaired) electrons. The average Bonchev–Trinajstić information content (AvgIpc) is 2.71. The van der Waals surface area contributed by atoms with E-state index in [9.17, 15) is 0 Å². The molecule has 3 nitrogen and oxygen atoms in total. The molecule has 3 heteroatoms. The normalized spacial score (nSPS) is 10.6. The molecule has 0 unspecified atom stereocenters. The van der Waals surface area contributed by atoms with Gasteiger partial charge >= 0.3 is 0 Å². The molecule has 92 valence electrons. The van der Waals surface area contributed by atoms with Crippen LogP contribution < -0.4 is 0 Å². The number of imidazole rings is 1. The van der Waals surface area contributed by atoms with Gasteiger partial charge in [0.25, 0.3) is 0 Å². The van der Waals surface area contributed by atoms with Crippen LogP contribution in [0.15, 0.2) is 30.5 Å². The van der Waals surface area contributed by atoms with Gasteiger partial charge in [-0.2, -0.15) is 5.26 Å². The predicted octanol–water partition coefficient (Wildman–Crippen LogP) is 3.28. The summed E-state index contributed by atoms with van der Waals surface area (Å²) in [6, 6.07) is 10.6. The molecular weight excluding hydrogens is 222 g/mol. The Balaban J connectivity index is 2.34. The van der Waals surface area contributed by atoms with E-state index < -0.39 is 0 Å². The maximum absolute atomic E-state index is 8.69. The minimum Gasteiger partial charge on any atom is -0.334 e. The first kappa shape index (κ1) is 12.4. The first-order chi connectivity index (χ1) is 8.61. The molecule has 1 aromatic carbocycles. The van der Waals surface area contributed by atoms with Crippen molar-refractivity contribution >= 4 is 0 Å². The summed E-state index contributed by atoms with van der Waals surface area (Å²) >= 11 is 0. The molecule has 0 saturated carbocycles. The van der Waals surface area contributed by atoms with Crippen molar-refractivity contribution < 1.29 is 0 Å². The van der Waals surface area contributed by atoms with Crippen LogP contribution in [0.5, 0.6) is 0 Å². The van der Waals surface area contributed by atoms with Crippen LogP contribution in [0, 0.1) is 11.3 Å². The van der Waals surface area contributed by atoms with Gasteiger partial charge in [-0.05, 0) is 11.5 Å². The van der Waals surface area contributed by atoms with Gasteiger partial charge in [0.05, 0.1) is 18.2 Å². The lowest BCUT2D eigenvalue weighted by Gasteiger charge is -2.06. The third-order valence-electron chi connectivity index (χ3n) is 3.02. The summed E-state index contributed by atoms with van der Waals surface area (Å²) < 4.78 is 1.97. The van der Waals surface area contributed by atoms with Gasteiger partial charge in [0.2, 0.25) is 0 Å². The maximum atomic E-state index is 8.69.